The molecule has 0 heterocycles. The summed E-state index contributed by atoms with van der Waals surface area (Å²) in [6, 6.07) is 1.65. The van der Waals surface area contributed by atoms with E-state index in [9.17, 15) is 16.8 Å². The molecule has 0 amide bonds. The summed E-state index contributed by atoms with van der Waals surface area (Å²) >= 11 is 0. The zero-order chi connectivity index (χ0) is 11.4. The first-order valence-corrected chi connectivity index (χ1v) is 7.79. The molecule has 82 valence electrons. The molecule has 0 aromatic rings. The Morgan fingerprint density at radius 2 is 1.71 bits per heavy atom. The van der Waals surface area contributed by atoms with Crippen LogP contribution in [0.3, 0.4) is 0 Å². The summed E-state index contributed by atoms with van der Waals surface area (Å²) < 4.78 is 44.2. The van der Waals surface area contributed by atoms with Gasteiger partial charge in [0, 0.05) is 6.26 Å². The fourth-order valence-electron chi connectivity index (χ4n) is 0.835. The van der Waals surface area contributed by atoms with Crippen LogP contribution in [0.4, 0.5) is 0 Å². The minimum absolute atomic E-state index is 0.183. The van der Waals surface area contributed by atoms with Crippen molar-refractivity contribution in [3.63, 3.8) is 0 Å². The van der Waals surface area contributed by atoms with Crippen LogP contribution in [0.5, 0.6) is 0 Å². The molecule has 0 saturated carbocycles. The van der Waals surface area contributed by atoms with E-state index < -0.39 is 36.4 Å². The number of hydrogen-bond acceptors (Lipinski definition) is 5. The van der Waals surface area contributed by atoms with E-state index in [1.54, 1.807) is 13.0 Å². The molecule has 14 heavy (non-hydrogen) atoms. The molecule has 0 fully saturated rings. The lowest BCUT2D eigenvalue weighted by Crippen LogP contribution is -2.25. The van der Waals surface area contributed by atoms with Gasteiger partial charge in [-0.3, -0.25) is 0 Å². The maximum absolute atomic E-state index is 11.4. The summed E-state index contributed by atoms with van der Waals surface area (Å²) in [7, 11) is -6.89. The normalized spacial score (nSPS) is 14.6. The molecule has 0 aromatic carbocycles. The van der Waals surface area contributed by atoms with Gasteiger partial charge in [0.2, 0.25) is 0 Å². The lowest BCUT2D eigenvalue weighted by Gasteiger charge is -2.06. The van der Waals surface area contributed by atoms with Gasteiger partial charge in [0.05, 0.1) is 17.6 Å². The van der Waals surface area contributed by atoms with E-state index in [0.29, 0.717) is 0 Å². The van der Waals surface area contributed by atoms with Crippen LogP contribution in [-0.4, -0.2) is 39.8 Å². The zero-order valence-corrected chi connectivity index (χ0v) is 9.73. The van der Waals surface area contributed by atoms with Crippen LogP contribution in [0.25, 0.3) is 0 Å². The van der Waals surface area contributed by atoms with E-state index in [-0.39, 0.29) is 6.42 Å². The Kier molecular flexibility index (Phi) is 4.55. The largest absolute Gasteiger partial charge is 0.229 e. The lowest BCUT2D eigenvalue weighted by atomic mass is 10.4. The van der Waals surface area contributed by atoms with E-state index in [2.05, 4.69) is 0 Å². The molecule has 0 aliphatic carbocycles. The predicted molar refractivity (Wildman–Crippen MR) is 53.2 cm³/mol. The summed E-state index contributed by atoms with van der Waals surface area (Å²) in [5.41, 5.74) is 0. The summed E-state index contributed by atoms with van der Waals surface area (Å²) in [6.07, 6.45) is 1.15. The van der Waals surface area contributed by atoms with Crippen LogP contribution in [0, 0.1) is 11.3 Å². The minimum atomic E-state index is -3.60. The van der Waals surface area contributed by atoms with Crippen LogP contribution >= 0.6 is 0 Å². The van der Waals surface area contributed by atoms with E-state index in [1.165, 1.54) is 0 Å². The monoisotopic (exact) mass is 239 g/mol. The van der Waals surface area contributed by atoms with Crippen molar-refractivity contribution in [1.82, 2.24) is 0 Å². The molecule has 0 aliphatic heterocycles. The second-order valence-electron chi connectivity index (χ2n) is 3.02. The molecular weight excluding hydrogens is 226 g/mol. The molecule has 0 aromatic heterocycles. The fraction of sp³-hybridized carbons (Fsp3) is 0.857. The van der Waals surface area contributed by atoms with E-state index in [1.807, 2.05) is 0 Å². The smallest absolute Gasteiger partial charge is 0.167 e. The highest BCUT2D eigenvalue weighted by atomic mass is 32.2. The molecule has 0 N–H and O–H groups in total. The Hall–Kier alpha value is -0.610. The van der Waals surface area contributed by atoms with Crippen LogP contribution in [0.1, 0.15) is 13.3 Å². The molecule has 0 radical (unpaired) electrons. The van der Waals surface area contributed by atoms with Crippen LogP contribution in [0.15, 0.2) is 0 Å². The summed E-state index contributed by atoms with van der Waals surface area (Å²) in [5.74, 6) is -0.897. The molecular formula is C7H13NO4S2. The molecule has 1 unspecified atom stereocenters. The molecule has 0 spiro atoms. The topological polar surface area (TPSA) is 92.1 Å². The minimum Gasteiger partial charge on any atom is -0.229 e. The highest BCUT2D eigenvalue weighted by Crippen LogP contribution is 2.06. The molecule has 5 nitrogen and oxygen atoms in total. The summed E-state index contributed by atoms with van der Waals surface area (Å²) in [4.78, 5) is 0. The molecule has 0 rings (SSSR count). The first kappa shape index (κ1) is 13.4. The van der Waals surface area contributed by atoms with Crippen molar-refractivity contribution >= 4 is 19.7 Å². The van der Waals surface area contributed by atoms with Gasteiger partial charge in [0.1, 0.15) is 15.1 Å². The van der Waals surface area contributed by atoms with Crippen molar-refractivity contribution in [2.45, 2.75) is 18.6 Å². The third kappa shape index (κ3) is 4.58. The summed E-state index contributed by atoms with van der Waals surface area (Å²) in [6.45, 7) is 1.58. The van der Waals surface area contributed by atoms with Gasteiger partial charge in [-0.2, -0.15) is 5.26 Å². The van der Waals surface area contributed by atoms with Gasteiger partial charge in [0.25, 0.3) is 0 Å². The maximum Gasteiger partial charge on any atom is 0.167 e. The first-order valence-electron chi connectivity index (χ1n) is 4.02. The van der Waals surface area contributed by atoms with E-state index in [0.717, 1.165) is 6.26 Å². The van der Waals surface area contributed by atoms with Crippen LogP contribution in [0.2, 0.25) is 0 Å². The standard InChI is InChI=1S/C7H13NO4S2/c1-3-7(6-8)14(11,12)5-4-13(2,9)10/h7H,3-5H2,1-2H3. The van der Waals surface area contributed by atoms with Crippen molar-refractivity contribution in [1.29, 1.82) is 5.26 Å². The fourth-order valence-corrected chi connectivity index (χ4v) is 3.93. The second-order valence-corrected chi connectivity index (χ2v) is 7.59. The molecule has 1 atom stereocenters. The molecule has 0 bridgehead atoms. The van der Waals surface area contributed by atoms with Crippen LogP contribution < -0.4 is 0 Å². The SMILES string of the molecule is CCC(C#N)S(=O)(=O)CCS(C)(=O)=O. The second kappa shape index (κ2) is 4.75. The van der Waals surface area contributed by atoms with Gasteiger partial charge in [-0.1, -0.05) is 6.92 Å². The van der Waals surface area contributed by atoms with Crippen LogP contribution in [-0.2, 0) is 19.7 Å². The average molecular weight is 239 g/mol. The quantitative estimate of drug-likeness (QED) is 0.659. The number of rotatable bonds is 5. The number of nitrogens with zero attached hydrogens (tertiary/aromatic N) is 1. The Morgan fingerprint density at radius 1 is 1.21 bits per heavy atom. The molecule has 0 aliphatic rings. The Morgan fingerprint density at radius 3 is 2.00 bits per heavy atom. The van der Waals surface area contributed by atoms with Gasteiger partial charge in [0.15, 0.2) is 9.84 Å². The van der Waals surface area contributed by atoms with E-state index >= 15 is 0 Å². The van der Waals surface area contributed by atoms with Crippen molar-refractivity contribution in [2.75, 3.05) is 17.8 Å². The highest BCUT2D eigenvalue weighted by molar-refractivity contribution is 7.95. The Labute approximate surface area is 84.6 Å². The number of sulfone groups is 2. The molecule has 0 saturated heterocycles. The van der Waals surface area contributed by atoms with Crippen molar-refractivity contribution < 1.29 is 16.8 Å². The third-order valence-electron chi connectivity index (χ3n) is 1.69. The van der Waals surface area contributed by atoms with Gasteiger partial charge in [-0.25, -0.2) is 16.8 Å². The number of nitriles is 1. The van der Waals surface area contributed by atoms with Gasteiger partial charge < -0.3 is 0 Å². The third-order valence-corrected chi connectivity index (χ3v) is 4.97. The van der Waals surface area contributed by atoms with Gasteiger partial charge in [-0.15, -0.1) is 0 Å². The van der Waals surface area contributed by atoms with Crippen molar-refractivity contribution in [2.24, 2.45) is 0 Å². The Bertz CT molecular complexity index is 415. The predicted octanol–water partition coefficient (Wildman–Crippen LogP) is -0.252. The lowest BCUT2D eigenvalue weighted by molar-refractivity contribution is 0.584. The zero-order valence-electron chi connectivity index (χ0n) is 8.10. The average Bonchev–Trinajstić information content (AvgIpc) is 2.02. The first-order chi connectivity index (χ1) is 6.23. The van der Waals surface area contributed by atoms with Crippen molar-refractivity contribution in [3.05, 3.63) is 0 Å². The van der Waals surface area contributed by atoms with Gasteiger partial charge in [-0.05, 0) is 6.42 Å². The number of hydrogen-bond donors (Lipinski definition) is 0. The van der Waals surface area contributed by atoms with Gasteiger partial charge >= 0.3 is 0 Å². The van der Waals surface area contributed by atoms with Crippen molar-refractivity contribution in [3.8, 4) is 6.07 Å². The van der Waals surface area contributed by atoms with E-state index in [4.69, 9.17) is 5.26 Å². The maximum atomic E-state index is 11.4. The summed E-state index contributed by atoms with van der Waals surface area (Å²) in [5, 5.41) is 7.42. The Balaban J connectivity index is 4.61. The highest BCUT2D eigenvalue weighted by Gasteiger charge is 2.24. The molecule has 7 heteroatoms.